The van der Waals surface area contributed by atoms with Crippen molar-refractivity contribution in [1.29, 1.82) is 5.26 Å². The van der Waals surface area contributed by atoms with Crippen molar-refractivity contribution >= 4 is 10.9 Å². The van der Waals surface area contributed by atoms with E-state index in [9.17, 15) is 10.1 Å². The number of nitrogens with one attached hydrogen (secondary N) is 1. The van der Waals surface area contributed by atoms with E-state index in [1.54, 1.807) is 0 Å². The number of aryl methyl sites for hydroxylation is 1. The summed E-state index contributed by atoms with van der Waals surface area (Å²) in [6.45, 7) is 1.98. The average Bonchev–Trinajstić information content (AvgIpc) is 3.51. The molecule has 1 saturated carbocycles. The van der Waals surface area contributed by atoms with E-state index < -0.39 is 5.41 Å². The fraction of sp³-hybridized carbons (Fsp3) is 0.304. The molecule has 4 rings (SSSR count). The van der Waals surface area contributed by atoms with Crippen molar-refractivity contribution in [3.05, 3.63) is 81.6 Å². The van der Waals surface area contributed by atoms with Gasteiger partial charge in [-0.05, 0) is 60.2 Å². The molecule has 2 aromatic carbocycles. The Bertz CT molecular complexity index is 1040. The monoisotopic (exact) mass is 342 g/mol. The van der Waals surface area contributed by atoms with Gasteiger partial charge >= 0.3 is 0 Å². The first-order valence-electron chi connectivity index (χ1n) is 9.28. The van der Waals surface area contributed by atoms with Crippen LogP contribution in [-0.2, 0) is 18.3 Å². The van der Waals surface area contributed by atoms with E-state index in [2.05, 4.69) is 29.3 Å². The first-order chi connectivity index (χ1) is 12.7. The molecule has 26 heavy (non-hydrogen) atoms. The lowest BCUT2D eigenvalue weighted by Crippen LogP contribution is -2.30. The summed E-state index contributed by atoms with van der Waals surface area (Å²) in [5.74, 6) is 0.381. The Kier molecular flexibility index (Phi) is 4.12. The van der Waals surface area contributed by atoms with E-state index in [4.69, 9.17) is 0 Å². The number of aromatic amines is 1. The summed E-state index contributed by atoms with van der Waals surface area (Å²) in [6, 6.07) is 21.0. The van der Waals surface area contributed by atoms with Crippen molar-refractivity contribution < 1.29 is 0 Å². The topological polar surface area (TPSA) is 56.6 Å². The highest BCUT2D eigenvalue weighted by Crippen LogP contribution is 2.49. The van der Waals surface area contributed by atoms with Crippen molar-refractivity contribution in [2.45, 2.75) is 38.0 Å². The maximum atomic E-state index is 12.2. The van der Waals surface area contributed by atoms with Crippen molar-refractivity contribution in [1.82, 2.24) is 4.98 Å². The van der Waals surface area contributed by atoms with E-state index in [-0.39, 0.29) is 5.56 Å². The van der Waals surface area contributed by atoms with Crippen LogP contribution in [0.5, 0.6) is 0 Å². The first-order valence-corrected chi connectivity index (χ1v) is 9.28. The number of rotatable bonds is 5. The number of nitriles is 1. The number of H-pyrrole nitrogens is 1. The zero-order valence-corrected chi connectivity index (χ0v) is 15.0. The third-order valence-electron chi connectivity index (χ3n) is 5.62. The SMILES string of the molecule is CCc1cc2ccc(C(C#N)(Cc3ccccc3)C3CC3)cc2[nH]c1=O. The zero-order valence-electron chi connectivity index (χ0n) is 15.0. The minimum absolute atomic E-state index is 0.0332. The molecule has 1 aliphatic rings. The van der Waals surface area contributed by atoms with Gasteiger partial charge in [0.15, 0.2) is 0 Å². The molecule has 3 aromatic rings. The predicted octanol–water partition coefficient (Wildman–Crippen LogP) is 4.50. The van der Waals surface area contributed by atoms with Gasteiger partial charge < -0.3 is 4.98 Å². The van der Waals surface area contributed by atoms with Crippen LogP contribution in [0.1, 0.15) is 36.5 Å². The summed E-state index contributed by atoms with van der Waals surface area (Å²) >= 11 is 0. The molecular weight excluding hydrogens is 320 g/mol. The molecule has 0 spiro atoms. The molecule has 0 aliphatic heterocycles. The fourth-order valence-corrected chi connectivity index (χ4v) is 3.96. The normalized spacial score (nSPS) is 16.2. The maximum Gasteiger partial charge on any atom is 0.251 e. The molecule has 1 heterocycles. The van der Waals surface area contributed by atoms with Crippen LogP contribution in [0.2, 0.25) is 0 Å². The summed E-state index contributed by atoms with van der Waals surface area (Å²) in [5, 5.41) is 11.2. The molecule has 0 amide bonds. The highest BCUT2D eigenvalue weighted by Gasteiger charge is 2.47. The third kappa shape index (κ3) is 2.82. The van der Waals surface area contributed by atoms with Crippen molar-refractivity contribution in [2.24, 2.45) is 5.92 Å². The van der Waals surface area contributed by atoms with E-state index in [1.807, 2.05) is 43.3 Å². The van der Waals surface area contributed by atoms with Gasteiger partial charge in [-0.3, -0.25) is 4.79 Å². The standard InChI is InChI=1S/C23H22N2O/c1-2-17-12-18-8-9-20(13-21(18)25-22(17)26)23(15-24,19-10-11-19)14-16-6-4-3-5-7-16/h3-9,12-13,19H,2,10-11,14H2,1H3,(H,25,26). The lowest BCUT2D eigenvalue weighted by atomic mass is 9.72. The van der Waals surface area contributed by atoms with Crippen molar-refractivity contribution in [3.8, 4) is 6.07 Å². The largest absolute Gasteiger partial charge is 0.322 e. The number of pyridine rings is 1. The second-order valence-corrected chi connectivity index (χ2v) is 7.30. The predicted molar refractivity (Wildman–Crippen MR) is 104 cm³/mol. The van der Waals surface area contributed by atoms with E-state index in [1.165, 1.54) is 5.56 Å². The van der Waals surface area contributed by atoms with Crippen LogP contribution in [-0.4, -0.2) is 4.98 Å². The number of fused-ring (bicyclic) bond motifs is 1. The number of aromatic nitrogens is 1. The Morgan fingerprint density at radius 2 is 1.92 bits per heavy atom. The molecule has 0 radical (unpaired) electrons. The highest BCUT2D eigenvalue weighted by atomic mass is 16.1. The van der Waals surface area contributed by atoms with Gasteiger partial charge in [0.2, 0.25) is 0 Å². The Labute approximate surface area is 153 Å². The molecule has 1 aromatic heterocycles. The molecule has 1 aliphatic carbocycles. The Balaban J connectivity index is 1.83. The molecule has 130 valence electrons. The van der Waals surface area contributed by atoms with Gasteiger partial charge in [0.25, 0.3) is 5.56 Å². The molecule has 0 bridgehead atoms. The van der Waals surface area contributed by atoms with Gasteiger partial charge in [0.05, 0.1) is 11.5 Å². The Morgan fingerprint density at radius 1 is 1.15 bits per heavy atom. The van der Waals surface area contributed by atoms with Crippen LogP contribution in [0.15, 0.2) is 59.4 Å². The van der Waals surface area contributed by atoms with Gasteiger partial charge in [0.1, 0.15) is 0 Å². The average molecular weight is 342 g/mol. The first kappa shape index (κ1) is 16.6. The number of nitrogens with zero attached hydrogens (tertiary/aromatic N) is 1. The van der Waals surface area contributed by atoms with Crippen molar-refractivity contribution in [3.63, 3.8) is 0 Å². The number of benzene rings is 2. The van der Waals surface area contributed by atoms with E-state index >= 15 is 0 Å². The van der Waals surface area contributed by atoms with Gasteiger partial charge in [-0.1, -0.05) is 49.4 Å². The van der Waals surface area contributed by atoms with E-state index in [0.717, 1.165) is 34.9 Å². The van der Waals surface area contributed by atoms with Crippen LogP contribution >= 0.6 is 0 Å². The van der Waals surface area contributed by atoms with E-state index in [0.29, 0.717) is 18.8 Å². The molecule has 1 unspecified atom stereocenters. The molecule has 3 heteroatoms. The van der Waals surface area contributed by atoms with Crippen molar-refractivity contribution in [2.75, 3.05) is 0 Å². The quantitative estimate of drug-likeness (QED) is 0.742. The second-order valence-electron chi connectivity index (χ2n) is 7.30. The molecule has 1 atom stereocenters. The fourth-order valence-electron chi connectivity index (χ4n) is 3.96. The summed E-state index contributed by atoms with van der Waals surface area (Å²) in [5.41, 5.74) is 3.24. The van der Waals surface area contributed by atoms with Crippen LogP contribution in [0, 0.1) is 17.2 Å². The number of hydrogen-bond donors (Lipinski definition) is 1. The zero-order chi connectivity index (χ0) is 18.1. The summed E-state index contributed by atoms with van der Waals surface area (Å²) < 4.78 is 0. The molecular formula is C23H22N2O. The lowest BCUT2D eigenvalue weighted by molar-refractivity contribution is 0.475. The summed E-state index contributed by atoms with van der Waals surface area (Å²) in [4.78, 5) is 15.2. The van der Waals surface area contributed by atoms with Gasteiger partial charge in [-0.15, -0.1) is 0 Å². The molecule has 3 nitrogen and oxygen atoms in total. The Morgan fingerprint density at radius 3 is 2.58 bits per heavy atom. The minimum Gasteiger partial charge on any atom is -0.322 e. The smallest absolute Gasteiger partial charge is 0.251 e. The molecule has 1 N–H and O–H groups in total. The minimum atomic E-state index is -0.532. The maximum absolute atomic E-state index is 12.2. The van der Waals surface area contributed by atoms with Crippen LogP contribution < -0.4 is 5.56 Å². The second kappa shape index (κ2) is 6.46. The van der Waals surface area contributed by atoms with Crippen LogP contribution in [0.25, 0.3) is 10.9 Å². The molecule has 1 fully saturated rings. The molecule has 0 saturated heterocycles. The van der Waals surface area contributed by atoms with Gasteiger partial charge in [-0.2, -0.15) is 5.26 Å². The number of hydrogen-bond acceptors (Lipinski definition) is 2. The van der Waals surface area contributed by atoms with Gasteiger partial charge in [0, 0.05) is 11.1 Å². The van der Waals surface area contributed by atoms with Crippen LogP contribution in [0.3, 0.4) is 0 Å². The summed E-state index contributed by atoms with van der Waals surface area (Å²) in [6.07, 6.45) is 3.59. The third-order valence-corrected chi connectivity index (χ3v) is 5.62. The summed E-state index contributed by atoms with van der Waals surface area (Å²) in [7, 11) is 0. The Hall–Kier alpha value is -2.86. The highest BCUT2D eigenvalue weighted by molar-refractivity contribution is 5.80. The van der Waals surface area contributed by atoms with Crippen LogP contribution in [0.4, 0.5) is 0 Å². The van der Waals surface area contributed by atoms with Gasteiger partial charge in [-0.25, -0.2) is 0 Å². The lowest BCUT2D eigenvalue weighted by Gasteiger charge is -2.28.